The van der Waals surface area contributed by atoms with Gasteiger partial charge in [-0.1, -0.05) is 36.4 Å². The van der Waals surface area contributed by atoms with E-state index in [-0.39, 0.29) is 5.91 Å². The molecule has 0 unspecified atom stereocenters. The molecule has 0 radical (unpaired) electrons. The van der Waals surface area contributed by atoms with E-state index in [1.54, 1.807) is 13.2 Å². The van der Waals surface area contributed by atoms with Crippen LogP contribution in [0.1, 0.15) is 21.6 Å². The average Bonchev–Trinajstić information content (AvgIpc) is 2.59. The van der Waals surface area contributed by atoms with Crippen molar-refractivity contribution < 1.29 is 9.53 Å². The van der Waals surface area contributed by atoms with Crippen LogP contribution in [-0.4, -0.2) is 18.0 Å². The van der Waals surface area contributed by atoms with Gasteiger partial charge in [0, 0.05) is 18.0 Å². The normalized spacial score (nSPS) is 10.5. The molecule has 1 aromatic heterocycles. The second-order valence-electron chi connectivity index (χ2n) is 5.34. The fourth-order valence-electron chi connectivity index (χ4n) is 2.50. The molecule has 0 aliphatic heterocycles. The van der Waals surface area contributed by atoms with E-state index in [4.69, 9.17) is 4.74 Å². The van der Waals surface area contributed by atoms with Crippen molar-refractivity contribution in [3.05, 3.63) is 71.4 Å². The Balaban J connectivity index is 1.85. The maximum Gasteiger partial charge on any atom is 0.270 e. The van der Waals surface area contributed by atoms with Crippen molar-refractivity contribution in [3.8, 4) is 5.75 Å². The zero-order valence-electron chi connectivity index (χ0n) is 13.2. The van der Waals surface area contributed by atoms with Crippen LogP contribution in [0.4, 0.5) is 0 Å². The van der Waals surface area contributed by atoms with Gasteiger partial charge in [0.1, 0.15) is 11.4 Å². The smallest absolute Gasteiger partial charge is 0.270 e. The fraction of sp³-hybridized carbons (Fsp3) is 0.158. The van der Waals surface area contributed by atoms with Crippen molar-refractivity contribution in [2.45, 2.75) is 13.5 Å². The number of ether oxygens (including phenoxy) is 1. The number of methoxy groups -OCH3 is 1. The van der Waals surface area contributed by atoms with E-state index in [2.05, 4.69) is 10.3 Å². The van der Waals surface area contributed by atoms with Crippen LogP contribution in [0, 0.1) is 6.92 Å². The van der Waals surface area contributed by atoms with Crippen LogP contribution in [0.2, 0.25) is 0 Å². The Labute approximate surface area is 135 Å². The Hall–Kier alpha value is -2.88. The van der Waals surface area contributed by atoms with E-state index in [0.29, 0.717) is 18.0 Å². The molecular formula is C19H18N2O2. The fourth-order valence-corrected chi connectivity index (χ4v) is 2.50. The first-order valence-electron chi connectivity index (χ1n) is 7.45. The number of nitrogens with one attached hydrogen (secondary N) is 1. The number of para-hydroxylation sites is 1. The maximum atomic E-state index is 12.4. The minimum Gasteiger partial charge on any atom is -0.496 e. The molecule has 0 bridgehead atoms. The Bertz CT molecular complexity index is 859. The third-order valence-corrected chi connectivity index (χ3v) is 3.83. The summed E-state index contributed by atoms with van der Waals surface area (Å²) in [7, 11) is 1.59. The molecular weight excluding hydrogens is 288 g/mol. The van der Waals surface area contributed by atoms with Crippen LogP contribution in [0.25, 0.3) is 10.9 Å². The summed E-state index contributed by atoms with van der Waals surface area (Å²) in [5, 5.41) is 3.81. The van der Waals surface area contributed by atoms with E-state index in [1.165, 1.54) is 0 Å². The van der Waals surface area contributed by atoms with Crippen molar-refractivity contribution in [1.82, 2.24) is 10.3 Å². The summed E-state index contributed by atoms with van der Waals surface area (Å²) in [6.45, 7) is 2.50. The third-order valence-electron chi connectivity index (χ3n) is 3.83. The minimum atomic E-state index is -0.211. The Kier molecular flexibility index (Phi) is 4.24. The van der Waals surface area contributed by atoms with Crippen molar-refractivity contribution in [3.63, 3.8) is 0 Å². The van der Waals surface area contributed by atoms with Gasteiger partial charge in [0.2, 0.25) is 0 Å². The number of aromatic nitrogens is 1. The SMILES string of the molecule is COc1cc(C(=O)NCc2ccccc2C)nc2ccccc12. The van der Waals surface area contributed by atoms with Crippen LogP contribution in [0.5, 0.6) is 5.75 Å². The molecule has 1 heterocycles. The summed E-state index contributed by atoms with van der Waals surface area (Å²) < 4.78 is 5.38. The zero-order valence-corrected chi connectivity index (χ0v) is 13.2. The standard InChI is InChI=1S/C19H18N2O2/c1-13-7-3-4-8-14(13)12-20-19(22)17-11-18(23-2)15-9-5-6-10-16(15)21-17/h3-11H,12H2,1-2H3,(H,20,22). The Morgan fingerprint density at radius 2 is 1.87 bits per heavy atom. The van der Waals surface area contributed by atoms with Crippen LogP contribution >= 0.6 is 0 Å². The molecule has 3 rings (SSSR count). The number of aryl methyl sites for hydroxylation is 1. The Morgan fingerprint density at radius 1 is 1.13 bits per heavy atom. The quantitative estimate of drug-likeness (QED) is 0.803. The molecule has 1 N–H and O–H groups in total. The largest absolute Gasteiger partial charge is 0.496 e. The van der Waals surface area contributed by atoms with Crippen molar-refractivity contribution in [1.29, 1.82) is 0 Å². The molecule has 4 nitrogen and oxygen atoms in total. The second-order valence-corrected chi connectivity index (χ2v) is 5.34. The van der Waals surface area contributed by atoms with Gasteiger partial charge >= 0.3 is 0 Å². The molecule has 0 atom stereocenters. The molecule has 3 aromatic rings. The number of amides is 1. The monoisotopic (exact) mass is 306 g/mol. The average molecular weight is 306 g/mol. The molecule has 2 aromatic carbocycles. The first-order chi connectivity index (χ1) is 11.2. The zero-order chi connectivity index (χ0) is 16.2. The molecule has 1 amide bonds. The van der Waals surface area contributed by atoms with Gasteiger partial charge in [0.05, 0.1) is 12.6 Å². The maximum absolute atomic E-state index is 12.4. The lowest BCUT2D eigenvalue weighted by molar-refractivity contribution is 0.0946. The molecule has 0 saturated carbocycles. The van der Waals surface area contributed by atoms with Gasteiger partial charge in [-0.15, -0.1) is 0 Å². The number of nitrogens with zero attached hydrogens (tertiary/aromatic N) is 1. The molecule has 0 saturated heterocycles. The van der Waals surface area contributed by atoms with Gasteiger partial charge < -0.3 is 10.1 Å². The number of pyridine rings is 1. The van der Waals surface area contributed by atoms with E-state index in [9.17, 15) is 4.79 Å². The summed E-state index contributed by atoms with van der Waals surface area (Å²) in [5.74, 6) is 0.439. The third kappa shape index (κ3) is 3.16. The number of hydrogen-bond donors (Lipinski definition) is 1. The molecule has 23 heavy (non-hydrogen) atoms. The van der Waals surface area contributed by atoms with Gasteiger partial charge in [0.25, 0.3) is 5.91 Å². The lowest BCUT2D eigenvalue weighted by Crippen LogP contribution is -2.24. The lowest BCUT2D eigenvalue weighted by Gasteiger charge is -2.10. The highest BCUT2D eigenvalue weighted by molar-refractivity contribution is 5.97. The van der Waals surface area contributed by atoms with Crippen LogP contribution < -0.4 is 10.1 Å². The van der Waals surface area contributed by atoms with Gasteiger partial charge in [0.15, 0.2) is 0 Å². The summed E-state index contributed by atoms with van der Waals surface area (Å²) in [6, 6.07) is 17.3. The van der Waals surface area contributed by atoms with Crippen molar-refractivity contribution in [2.24, 2.45) is 0 Å². The predicted octanol–water partition coefficient (Wildman–Crippen LogP) is 3.48. The molecule has 0 aliphatic rings. The molecule has 0 spiro atoms. The van der Waals surface area contributed by atoms with Gasteiger partial charge in [-0.3, -0.25) is 4.79 Å². The number of hydrogen-bond acceptors (Lipinski definition) is 3. The molecule has 0 fully saturated rings. The predicted molar refractivity (Wildman–Crippen MR) is 90.6 cm³/mol. The lowest BCUT2D eigenvalue weighted by atomic mass is 10.1. The Morgan fingerprint density at radius 3 is 2.65 bits per heavy atom. The van der Waals surface area contributed by atoms with E-state index in [0.717, 1.165) is 22.0 Å². The summed E-state index contributed by atoms with van der Waals surface area (Å²) >= 11 is 0. The number of rotatable bonds is 4. The van der Waals surface area contributed by atoms with Crippen molar-refractivity contribution in [2.75, 3.05) is 7.11 Å². The van der Waals surface area contributed by atoms with Crippen molar-refractivity contribution >= 4 is 16.8 Å². The number of carbonyl (C=O) groups excluding carboxylic acids is 1. The van der Waals surface area contributed by atoms with E-state index < -0.39 is 0 Å². The highest BCUT2D eigenvalue weighted by atomic mass is 16.5. The van der Waals surface area contributed by atoms with Crippen LogP contribution in [0.3, 0.4) is 0 Å². The van der Waals surface area contributed by atoms with Gasteiger partial charge in [-0.05, 0) is 30.2 Å². The molecule has 0 aliphatic carbocycles. The number of fused-ring (bicyclic) bond motifs is 1. The minimum absolute atomic E-state index is 0.211. The number of benzene rings is 2. The summed E-state index contributed by atoms with van der Waals surface area (Å²) in [6.07, 6.45) is 0. The van der Waals surface area contributed by atoms with E-state index >= 15 is 0 Å². The van der Waals surface area contributed by atoms with Crippen LogP contribution in [0.15, 0.2) is 54.6 Å². The first-order valence-corrected chi connectivity index (χ1v) is 7.45. The highest BCUT2D eigenvalue weighted by Gasteiger charge is 2.12. The molecule has 116 valence electrons. The molecule has 4 heteroatoms. The highest BCUT2D eigenvalue weighted by Crippen LogP contribution is 2.24. The topological polar surface area (TPSA) is 51.2 Å². The van der Waals surface area contributed by atoms with Gasteiger partial charge in [-0.2, -0.15) is 0 Å². The van der Waals surface area contributed by atoms with Crippen LogP contribution in [-0.2, 0) is 6.54 Å². The second kappa shape index (κ2) is 6.48. The summed E-state index contributed by atoms with van der Waals surface area (Å²) in [4.78, 5) is 16.8. The summed E-state index contributed by atoms with van der Waals surface area (Å²) in [5.41, 5.74) is 3.34. The van der Waals surface area contributed by atoms with Gasteiger partial charge in [-0.25, -0.2) is 4.98 Å². The number of carbonyl (C=O) groups is 1. The first kappa shape index (κ1) is 15.0. The van der Waals surface area contributed by atoms with E-state index in [1.807, 2.05) is 55.5 Å².